The third kappa shape index (κ3) is 4.62. The molecule has 0 saturated carbocycles. The van der Waals surface area contributed by atoms with Crippen molar-refractivity contribution in [1.29, 1.82) is 0 Å². The van der Waals surface area contributed by atoms with Gasteiger partial charge in [0.15, 0.2) is 0 Å². The smallest absolute Gasteiger partial charge is 0.328 e. The van der Waals surface area contributed by atoms with Crippen LogP contribution in [0, 0.1) is 0 Å². The largest absolute Gasteiger partial charge is 0.489 e. The highest BCUT2D eigenvalue weighted by atomic mass is 16.5. The number of hydrogen-bond donors (Lipinski definition) is 1. The van der Waals surface area contributed by atoms with E-state index in [1.807, 2.05) is 18.2 Å². The van der Waals surface area contributed by atoms with Crippen molar-refractivity contribution in [1.82, 2.24) is 0 Å². The first-order valence-corrected chi connectivity index (χ1v) is 6.14. The number of rotatable bonds is 5. The first-order valence-electron chi connectivity index (χ1n) is 6.14. The van der Waals surface area contributed by atoms with Crippen LogP contribution in [0.25, 0.3) is 6.08 Å². The molecule has 102 valence electrons. The van der Waals surface area contributed by atoms with Crippen LogP contribution >= 0.6 is 0 Å². The molecule has 0 fully saturated rings. The molecule has 0 aliphatic rings. The van der Waals surface area contributed by atoms with Crippen molar-refractivity contribution < 1.29 is 14.6 Å². The van der Waals surface area contributed by atoms with E-state index < -0.39 is 5.97 Å². The molecule has 0 aliphatic heterocycles. The summed E-state index contributed by atoms with van der Waals surface area (Å²) in [6.45, 7) is 10.4. The predicted molar refractivity (Wildman–Crippen MR) is 77.5 cm³/mol. The van der Waals surface area contributed by atoms with E-state index in [4.69, 9.17) is 9.84 Å². The Balaban J connectivity index is 3.16. The predicted octanol–water partition coefficient (Wildman–Crippen LogP) is 3.65. The van der Waals surface area contributed by atoms with Gasteiger partial charge in [-0.25, -0.2) is 4.79 Å². The van der Waals surface area contributed by atoms with Crippen molar-refractivity contribution in [2.45, 2.75) is 26.2 Å². The van der Waals surface area contributed by atoms with E-state index in [1.54, 1.807) is 6.08 Å². The average Bonchev–Trinajstić information content (AvgIpc) is 2.32. The van der Waals surface area contributed by atoms with Crippen LogP contribution in [0.15, 0.2) is 36.9 Å². The zero-order valence-electron chi connectivity index (χ0n) is 11.6. The monoisotopic (exact) mass is 260 g/mol. The molecule has 0 aromatic heterocycles. The minimum atomic E-state index is -0.977. The molecule has 0 bridgehead atoms. The van der Waals surface area contributed by atoms with Crippen molar-refractivity contribution in [2.75, 3.05) is 6.61 Å². The minimum Gasteiger partial charge on any atom is -0.489 e. The van der Waals surface area contributed by atoms with E-state index in [0.717, 1.165) is 17.2 Å². The molecule has 1 rings (SSSR count). The number of aliphatic carboxylic acids is 1. The molecule has 3 nitrogen and oxygen atoms in total. The minimum absolute atomic E-state index is 0.0152. The Bertz CT molecular complexity index is 493. The highest BCUT2D eigenvalue weighted by Crippen LogP contribution is 2.29. The number of carboxylic acids is 1. The Morgan fingerprint density at radius 3 is 2.63 bits per heavy atom. The molecule has 19 heavy (non-hydrogen) atoms. The fourth-order valence-electron chi connectivity index (χ4n) is 1.57. The average molecular weight is 260 g/mol. The number of benzene rings is 1. The van der Waals surface area contributed by atoms with Gasteiger partial charge in [0.25, 0.3) is 0 Å². The number of ether oxygens (including phenoxy) is 1. The number of hydrogen-bond acceptors (Lipinski definition) is 2. The molecular formula is C16H20O3. The third-order valence-electron chi connectivity index (χ3n) is 2.64. The molecule has 1 aromatic rings. The van der Waals surface area contributed by atoms with Gasteiger partial charge in [-0.15, -0.1) is 0 Å². The lowest BCUT2D eigenvalue weighted by atomic mass is 9.86. The zero-order chi connectivity index (χ0) is 14.5. The molecule has 0 amide bonds. The Hall–Kier alpha value is -2.03. The Labute approximate surface area is 114 Å². The van der Waals surface area contributed by atoms with Crippen LogP contribution in [0.2, 0.25) is 0 Å². The second-order valence-corrected chi connectivity index (χ2v) is 5.27. The van der Waals surface area contributed by atoms with Gasteiger partial charge in [0.05, 0.1) is 0 Å². The van der Waals surface area contributed by atoms with Crippen molar-refractivity contribution in [3.63, 3.8) is 0 Å². The van der Waals surface area contributed by atoms with Gasteiger partial charge in [-0.3, -0.25) is 0 Å². The maximum Gasteiger partial charge on any atom is 0.328 e. The zero-order valence-corrected chi connectivity index (χ0v) is 11.6. The van der Waals surface area contributed by atoms with E-state index in [2.05, 4.69) is 27.4 Å². The Morgan fingerprint density at radius 2 is 2.11 bits per heavy atom. The van der Waals surface area contributed by atoms with Crippen molar-refractivity contribution in [3.8, 4) is 5.75 Å². The molecule has 1 aromatic carbocycles. The van der Waals surface area contributed by atoms with Crippen LogP contribution in [-0.4, -0.2) is 17.7 Å². The number of carbonyl (C=O) groups is 1. The third-order valence-corrected chi connectivity index (χ3v) is 2.64. The van der Waals surface area contributed by atoms with Crippen LogP contribution in [-0.2, 0) is 10.2 Å². The summed E-state index contributed by atoms with van der Waals surface area (Å²) < 4.78 is 5.59. The van der Waals surface area contributed by atoms with Gasteiger partial charge in [-0.05, 0) is 23.1 Å². The SMILES string of the molecule is C=CCOc1cc(C(C)(C)C)ccc1C=CC(=O)O. The Morgan fingerprint density at radius 1 is 1.42 bits per heavy atom. The first-order chi connectivity index (χ1) is 8.84. The maximum absolute atomic E-state index is 10.6. The quantitative estimate of drug-likeness (QED) is 0.649. The lowest BCUT2D eigenvalue weighted by molar-refractivity contribution is -0.131. The summed E-state index contributed by atoms with van der Waals surface area (Å²) in [5.41, 5.74) is 1.90. The molecule has 0 aliphatic carbocycles. The fraction of sp³-hybridized carbons (Fsp3) is 0.312. The lowest BCUT2D eigenvalue weighted by Crippen LogP contribution is -2.11. The van der Waals surface area contributed by atoms with Crippen LogP contribution in [0.3, 0.4) is 0 Å². The molecular weight excluding hydrogens is 240 g/mol. The standard InChI is InChI=1S/C16H20O3/c1-5-10-19-14-11-13(16(2,3)4)8-6-12(14)7-9-15(17)18/h5-9,11H,1,10H2,2-4H3,(H,17,18). The summed E-state index contributed by atoms with van der Waals surface area (Å²) in [5, 5.41) is 8.68. The Kier molecular flexibility index (Phi) is 4.93. The van der Waals surface area contributed by atoms with Gasteiger partial charge in [-0.1, -0.05) is 45.6 Å². The van der Waals surface area contributed by atoms with Gasteiger partial charge < -0.3 is 9.84 Å². The van der Waals surface area contributed by atoms with Gasteiger partial charge >= 0.3 is 5.97 Å². The summed E-state index contributed by atoms with van der Waals surface area (Å²) >= 11 is 0. The molecule has 0 spiro atoms. The topological polar surface area (TPSA) is 46.5 Å². The summed E-state index contributed by atoms with van der Waals surface area (Å²) in [4.78, 5) is 10.6. The van der Waals surface area contributed by atoms with Gasteiger partial charge in [0, 0.05) is 11.6 Å². The molecule has 0 atom stereocenters. The van der Waals surface area contributed by atoms with Crippen LogP contribution in [0.5, 0.6) is 5.75 Å². The van der Waals surface area contributed by atoms with Crippen molar-refractivity contribution in [3.05, 3.63) is 48.1 Å². The normalized spacial score (nSPS) is 11.5. The number of carboxylic acid groups (broad SMARTS) is 1. The fourth-order valence-corrected chi connectivity index (χ4v) is 1.57. The molecule has 0 heterocycles. The maximum atomic E-state index is 10.6. The second-order valence-electron chi connectivity index (χ2n) is 5.27. The van der Waals surface area contributed by atoms with Crippen LogP contribution < -0.4 is 4.74 Å². The van der Waals surface area contributed by atoms with Gasteiger partial charge in [0.1, 0.15) is 12.4 Å². The summed E-state index contributed by atoms with van der Waals surface area (Å²) in [6, 6.07) is 5.81. The van der Waals surface area contributed by atoms with Gasteiger partial charge in [0.2, 0.25) is 0 Å². The molecule has 1 N–H and O–H groups in total. The first kappa shape index (κ1) is 15.0. The summed E-state index contributed by atoms with van der Waals surface area (Å²) in [7, 11) is 0. The van der Waals surface area contributed by atoms with Crippen molar-refractivity contribution >= 4 is 12.0 Å². The van der Waals surface area contributed by atoms with E-state index in [-0.39, 0.29) is 5.41 Å². The van der Waals surface area contributed by atoms with Crippen LogP contribution in [0.4, 0.5) is 0 Å². The molecule has 0 saturated heterocycles. The van der Waals surface area contributed by atoms with E-state index in [0.29, 0.717) is 12.4 Å². The van der Waals surface area contributed by atoms with E-state index in [9.17, 15) is 4.79 Å². The van der Waals surface area contributed by atoms with E-state index in [1.165, 1.54) is 6.08 Å². The molecule has 0 radical (unpaired) electrons. The lowest BCUT2D eigenvalue weighted by Gasteiger charge is -2.20. The van der Waals surface area contributed by atoms with Crippen molar-refractivity contribution in [2.24, 2.45) is 0 Å². The highest BCUT2D eigenvalue weighted by molar-refractivity contribution is 5.85. The second kappa shape index (κ2) is 6.23. The molecule has 3 heteroatoms. The van der Waals surface area contributed by atoms with Gasteiger partial charge in [-0.2, -0.15) is 0 Å². The highest BCUT2D eigenvalue weighted by Gasteiger charge is 2.15. The van der Waals surface area contributed by atoms with E-state index >= 15 is 0 Å². The van der Waals surface area contributed by atoms with Crippen LogP contribution in [0.1, 0.15) is 31.9 Å². The molecule has 0 unspecified atom stereocenters. The summed E-state index contributed by atoms with van der Waals surface area (Å²) in [6.07, 6.45) is 4.30. The summed E-state index contributed by atoms with van der Waals surface area (Å²) in [5.74, 6) is -0.306.